The SMILES string of the molecule is CCOC(=O)C1=C(c2ccc(-n3c(C)nc4cnccc43)cc2)NC(C)=C(C(=O)O)C1CCC1CCCCC1. The van der Waals surface area contributed by atoms with Gasteiger partial charge in [0, 0.05) is 23.5 Å². The predicted molar refractivity (Wildman–Crippen MR) is 150 cm³/mol. The molecule has 1 aliphatic carbocycles. The molecule has 0 amide bonds. The first kappa shape index (κ1) is 26.7. The molecule has 8 nitrogen and oxygen atoms in total. The van der Waals surface area contributed by atoms with Crippen LogP contribution in [0.4, 0.5) is 0 Å². The van der Waals surface area contributed by atoms with Crippen molar-refractivity contribution in [2.24, 2.45) is 11.8 Å². The van der Waals surface area contributed by atoms with Gasteiger partial charge in [0.25, 0.3) is 0 Å². The monoisotopic (exact) mass is 528 g/mol. The van der Waals surface area contributed by atoms with Crippen LogP contribution in [0.1, 0.15) is 70.2 Å². The van der Waals surface area contributed by atoms with E-state index >= 15 is 0 Å². The minimum absolute atomic E-state index is 0.219. The maximum Gasteiger partial charge on any atom is 0.336 e. The summed E-state index contributed by atoms with van der Waals surface area (Å²) in [6.45, 7) is 5.72. The van der Waals surface area contributed by atoms with Gasteiger partial charge in [0.2, 0.25) is 0 Å². The fraction of sp³-hybridized carbons (Fsp3) is 0.419. The molecule has 39 heavy (non-hydrogen) atoms. The third kappa shape index (κ3) is 5.33. The Bertz CT molecular complexity index is 1440. The molecular formula is C31H36N4O4. The average Bonchev–Trinajstić information content (AvgIpc) is 3.27. The molecule has 0 radical (unpaired) electrons. The van der Waals surface area contributed by atoms with Crippen LogP contribution >= 0.6 is 0 Å². The number of nitrogens with zero attached hydrogens (tertiary/aromatic N) is 3. The Labute approximate surface area is 228 Å². The highest BCUT2D eigenvalue weighted by atomic mass is 16.5. The fourth-order valence-corrected chi connectivity index (χ4v) is 6.21. The number of dihydropyridines is 1. The van der Waals surface area contributed by atoms with Crippen LogP contribution in [0.25, 0.3) is 22.4 Å². The number of imidazole rings is 1. The third-order valence-electron chi connectivity index (χ3n) is 8.04. The fourth-order valence-electron chi connectivity index (χ4n) is 6.21. The molecule has 1 unspecified atom stereocenters. The van der Waals surface area contributed by atoms with Gasteiger partial charge in [0.05, 0.1) is 35.2 Å². The van der Waals surface area contributed by atoms with Gasteiger partial charge >= 0.3 is 11.9 Å². The number of carboxylic acid groups (broad SMARTS) is 1. The molecule has 1 fully saturated rings. The summed E-state index contributed by atoms with van der Waals surface area (Å²) in [7, 11) is 0. The van der Waals surface area contributed by atoms with Crippen LogP contribution in [0.15, 0.2) is 59.6 Å². The van der Waals surface area contributed by atoms with Crippen molar-refractivity contribution in [1.29, 1.82) is 0 Å². The van der Waals surface area contributed by atoms with E-state index in [1.165, 1.54) is 32.1 Å². The van der Waals surface area contributed by atoms with Gasteiger partial charge in [-0.05, 0) is 63.3 Å². The maximum absolute atomic E-state index is 13.4. The molecule has 0 spiro atoms. The summed E-state index contributed by atoms with van der Waals surface area (Å²) < 4.78 is 7.56. The van der Waals surface area contributed by atoms with E-state index in [1.807, 2.05) is 37.3 Å². The first-order valence-electron chi connectivity index (χ1n) is 13.9. The van der Waals surface area contributed by atoms with Gasteiger partial charge in [-0.25, -0.2) is 14.6 Å². The summed E-state index contributed by atoms with van der Waals surface area (Å²) >= 11 is 0. The van der Waals surface area contributed by atoms with Crippen molar-refractivity contribution in [3.05, 3.63) is 71.0 Å². The number of benzene rings is 1. The van der Waals surface area contributed by atoms with E-state index in [-0.39, 0.29) is 12.2 Å². The van der Waals surface area contributed by atoms with E-state index in [0.29, 0.717) is 29.3 Å². The van der Waals surface area contributed by atoms with Gasteiger partial charge in [0.1, 0.15) is 11.3 Å². The van der Waals surface area contributed by atoms with Crippen molar-refractivity contribution in [2.45, 2.75) is 65.7 Å². The summed E-state index contributed by atoms with van der Waals surface area (Å²) in [4.78, 5) is 34.6. The van der Waals surface area contributed by atoms with Crippen LogP contribution in [-0.4, -0.2) is 38.2 Å². The molecule has 204 valence electrons. The van der Waals surface area contributed by atoms with Crippen molar-refractivity contribution < 1.29 is 19.4 Å². The molecule has 1 saturated carbocycles. The Morgan fingerprint density at radius 3 is 2.49 bits per heavy atom. The number of carboxylic acids is 1. The lowest BCUT2D eigenvalue weighted by Gasteiger charge is -2.32. The number of carbonyl (C=O) groups is 2. The maximum atomic E-state index is 13.4. The van der Waals surface area contributed by atoms with Crippen LogP contribution in [0, 0.1) is 18.8 Å². The lowest BCUT2D eigenvalue weighted by Crippen LogP contribution is -2.33. The number of aromatic nitrogens is 3. The van der Waals surface area contributed by atoms with Gasteiger partial charge in [-0.1, -0.05) is 44.2 Å². The normalized spacial score (nSPS) is 18.4. The Morgan fingerprint density at radius 2 is 1.79 bits per heavy atom. The molecule has 2 aliphatic rings. The van der Waals surface area contributed by atoms with Gasteiger partial charge in [-0.15, -0.1) is 0 Å². The first-order chi connectivity index (χ1) is 18.9. The number of aryl methyl sites for hydroxylation is 1. The molecule has 1 aliphatic heterocycles. The van der Waals surface area contributed by atoms with Gasteiger partial charge in [-0.2, -0.15) is 0 Å². The minimum Gasteiger partial charge on any atom is -0.478 e. The number of hydrogen-bond acceptors (Lipinski definition) is 6. The minimum atomic E-state index is -0.998. The van der Waals surface area contributed by atoms with Crippen LogP contribution in [-0.2, 0) is 14.3 Å². The number of hydrogen-bond donors (Lipinski definition) is 2. The van der Waals surface area contributed by atoms with Crippen molar-refractivity contribution in [1.82, 2.24) is 19.9 Å². The van der Waals surface area contributed by atoms with Crippen LogP contribution < -0.4 is 5.32 Å². The van der Waals surface area contributed by atoms with E-state index in [0.717, 1.165) is 34.5 Å². The lowest BCUT2D eigenvalue weighted by molar-refractivity contribution is -0.139. The summed E-state index contributed by atoms with van der Waals surface area (Å²) in [5.74, 6) is -0.583. The summed E-state index contributed by atoms with van der Waals surface area (Å²) in [6.07, 6.45) is 11.0. The van der Waals surface area contributed by atoms with Gasteiger partial charge in [0.15, 0.2) is 0 Å². The molecule has 5 rings (SSSR count). The van der Waals surface area contributed by atoms with Crippen LogP contribution in [0.5, 0.6) is 0 Å². The number of aliphatic carboxylic acids is 1. The molecule has 1 aromatic carbocycles. The molecule has 2 N–H and O–H groups in total. The molecule has 0 saturated heterocycles. The zero-order valence-electron chi connectivity index (χ0n) is 22.9. The number of nitrogens with one attached hydrogen (secondary N) is 1. The third-order valence-corrected chi connectivity index (χ3v) is 8.04. The van der Waals surface area contributed by atoms with Gasteiger partial charge in [-0.3, -0.25) is 9.55 Å². The smallest absolute Gasteiger partial charge is 0.336 e. The Morgan fingerprint density at radius 1 is 1.05 bits per heavy atom. The van der Waals surface area contributed by atoms with Crippen molar-refractivity contribution >= 4 is 28.7 Å². The van der Waals surface area contributed by atoms with Crippen molar-refractivity contribution in [3.8, 4) is 5.69 Å². The van der Waals surface area contributed by atoms with E-state index in [4.69, 9.17) is 4.74 Å². The Kier molecular flexibility index (Phi) is 7.82. The van der Waals surface area contributed by atoms with Crippen LogP contribution in [0.2, 0.25) is 0 Å². The van der Waals surface area contributed by atoms with E-state index < -0.39 is 17.9 Å². The molecule has 3 heterocycles. The number of ether oxygens (including phenoxy) is 1. The zero-order chi connectivity index (χ0) is 27.5. The second kappa shape index (κ2) is 11.4. The summed E-state index contributed by atoms with van der Waals surface area (Å²) in [6, 6.07) is 9.83. The quantitative estimate of drug-likeness (QED) is 0.348. The molecule has 8 heteroatoms. The zero-order valence-corrected chi connectivity index (χ0v) is 22.9. The molecule has 3 aromatic rings. The number of fused-ring (bicyclic) bond motifs is 1. The van der Waals surface area contributed by atoms with E-state index in [2.05, 4.69) is 19.9 Å². The predicted octanol–water partition coefficient (Wildman–Crippen LogP) is 5.94. The first-order valence-corrected chi connectivity index (χ1v) is 13.9. The van der Waals surface area contributed by atoms with Crippen LogP contribution in [0.3, 0.4) is 0 Å². The molecular weight excluding hydrogens is 492 g/mol. The molecule has 1 atom stereocenters. The molecule has 2 aromatic heterocycles. The topological polar surface area (TPSA) is 106 Å². The summed E-state index contributed by atoms with van der Waals surface area (Å²) in [5, 5.41) is 13.4. The number of esters is 1. The summed E-state index contributed by atoms with van der Waals surface area (Å²) in [5.41, 5.74) is 5.36. The highest BCUT2D eigenvalue weighted by molar-refractivity contribution is 6.03. The molecule has 0 bridgehead atoms. The Balaban J connectivity index is 1.55. The highest BCUT2D eigenvalue weighted by Gasteiger charge is 2.37. The average molecular weight is 529 g/mol. The van der Waals surface area contributed by atoms with Crippen molar-refractivity contribution in [2.75, 3.05) is 6.61 Å². The standard InChI is InChI=1S/C31H36N4O4/c1-4-39-31(38)28-24(15-10-21-8-6-5-7-9-21)27(30(36)37)19(2)33-29(28)22-11-13-23(14-12-22)35-20(3)34-25-18-32-17-16-26(25)35/h11-14,16-18,21,24,33H,4-10,15H2,1-3H3,(H,36,37). The number of allylic oxidation sites excluding steroid dienone is 1. The number of rotatable bonds is 8. The second-order valence-electron chi connectivity index (χ2n) is 10.5. The van der Waals surface area contributed by atoms with Gasteiger partial charge < -0.3 is 15.2 Å². The highest BCUT2D eigenvalue weighted by Crippen LogP contribution is 2.40. The number of pyridine rings is 1. The Hall–Kier alpha value is -3.94. The second-order valence-corrected chi connectivity index (χ2v) is 10.5. The van der Waals surface area contributed by atoms with E-state index in [9.17, 15) is 14.7 Å². The lowest BCUT2D eigenvalue weighted by atomic mass is 9.77. The van der Waals surface area contributed by atoms with E-state index in [1.54, 1.807) is 26.2 Å². The number of carbonyl (C=O) groups excluding carboxylic acids is 1. The van der Waals surface area contributed by atoms with Crippen molar-refractivity contribution in [3.63, 3.8) is 0 Å². The largest absolute Gasteiger partial charge is 0.478 e.